The Bertz CT molecular complexity index is 1540. The highest BCUT2D eigenvalue weighted by Gasteiger charge is 2.48. The predicted octanol–water partition coefficient (Wildman–Crippen LogP) is 6.47. The topological polar surface area (TPSA) is 79.7 Å². The van der Waals surface area contributed by atoms with Gasteiger partial charge >= 0.3 is 5.91 Å². The summed E-state index contributed by atoms with van der Waals surface area (Å²) in [5, 5.41) is 11.6. The molecule has 0 bridgehead atoms. The molecule has 5 rings (SSSR count). The standard InChI is InChI=1S/C29H25FN2O4S/c1-4-13-36-21-11-7-18(8-12-21)25-23(26(33)19-5-9-20(30)10-6-19)27(34)28(35)32(25)29-31-24-17(3)14-16(2)15-22(24)37-29/h5-12,14-15,25,33H,4,13H2,1-3H3. The Hall–Kier alpha value is -4.04. The van der Waals surface area contributed by atoms with E-state index >= 15 is 0 Å². The Kier molecular flexibility index (Phi) is 6.52. The zero-order valence-corrected chi connectivity index (χ0v) is 21.4. The molecule has 6 nitrogen and oxygen atoms in total. The van der Waals surface area contributed by atoms with E-state index in [1.54, 1.807) is 24.3 Å². The van der Waals surface area contributed by atoms with E-state index in [1.165, 1.54) is 40.5 Å². The SMILES string of the molecule is CCCOc1ccc(C2C(=C(O)c3ccc(F)cc3)C(=O)C(=O)N2c2nc3c(C)cc(C)cc3s2)cc1. The summed E-state index contributed by atoms with van der Waals surface area (Å²) in [5.74, 6) is -1.80. The number of aliphatic hydroxyl groups excluding tert-OH is 1. The van der Waals surface area contributed by atoms with E-state index < -0.39 is 23.5 Å². The number of rotatable bonds is 6. The summed E-state index contributed by atoms with van der Waals surface area (Å²) < 4.78 is 20.1. The number of halogens is 1. The van der Waals surface area contributed by atoms with Crippen LogP contribution >= 0.6 is 11.3 Å². The lowest BCUT2D eigenvalue weighted by atomic mass is 9.95. The summed E-state index contributed by atoms with van der Waals surface area (Å²) in [4.78, 5) is 32.9. The molecule has 3 aromatic carbocycles. The van der Waals surface area contributed by atoms with E-state index in [9.17, 15) is 19.1 Å². The highest BCUT2D eigenvalue weighted by atomic mass is 32.1. The molecule has 1 aliphatic rings. The van der Waals surface area contributed by atoms with Gasteiger partial charge in [-0.15, -0.1) is 0 Å². The molecule has 1 fully saturated rings. The minimum Gasteiger partial charge on any atom is -0.507 e. The predicted molar refractivity (Wildman–Crippen MR) is 143 cm³/mol. The summed E-state index contributed by atoms with van der Waals surface area (Å²) in [6, 6.07) is 15.3. The number of carbonyl (C=O) groups is 2. The third kappa shape index (κ3) is 4.49. The molecule has 1 atom stereocenters. The van der Waals surface area contributed by atoms with Gasteiger partial charge in [-0.05, 0) is 79.4 Å². The maximum Gasteiger partial charge on any atom is 0.301 e. The average molecular weight is 517 g/mol. The second-order valence-corrected chi connectivity index (χ2v) is 10.0. The molecule has 0 aliphatic carbocycles. The van der Waals surface area contributed by atoms with Gasteiger partial charge in [0.2, 0.25) is 0 Å². The van der Waals surface area contributed by atoms with Gasteiger partial charge in [0.15, 0.2) is 5.13 Å². The molecule has 2 heterocycles. The smallest absolute Gasteiger partial charge is 0.301 e. The van der Waals surface area contributed by atoms with Crippen molar-refractivity contribution in [2.75, 3.05) is 11.5 Å². The molecule has 0 radical (unpaired) electrons. The van der Waals surface area contributed by atoms with Gasteiger partial charge in [0, 0.05) is 5.56 Å². The third-order valence-corrected chi connectivity index (χ3v) is 7.26. The fraction of sp³-hybridized carbons (Fsp3) is 0.207. The number of hydrogen-bond donors (Lipinski definition) is 1. The Morgan fingerprint density at radius 3 is 2.46 bits per heavy atom. The first-order valence-electron chi connectivity index (χ1n) is 12.0. The molecule has 1 N–H and O–H groups in total. The first-order valence-corrected chi connectivity index (χ1v) is 12.8. The molecule has 1 amide bonds. The number of amides is 1. The van der Waals surface area contributed by atoms with Crippen molar-refractivity contribution >= 4 is 44.1 Å². The molecule has 4 aromatic rings. The van der Waals surface area contributed by atoms with Crippen molar-refractivity contribution < 1.29 is 23.8 Å². The van der Waals surface area contributed by atoms with Gasteiger partial charge in [0.1, 0.15) is 17.3 Å². The minimum absolute atomic E-state index is 0.0778. The van der Waals surface area contributed by atoms with Crippen molar-refractivity contribution in [2.45, 2.75) is 33.2 Å². The number of benzene rings is 3. The minimum atomic E-state index is -0.924. The Labute approximate surface area is 217 Å². The second-order valence-electron chi connectivity index (χ2n) is 9.02. The van der Waals surface area contributed by atoms with Gasteiger partial charge in [0.25, 0.3) is 5.78 Å². The van der Waals surface area contributed by atoms with Crippen LogP contribution in [0, 0.1) is 19.7 Å². The van der Waals surface area contributed by atoms with Gasteiger partial charge in [0.05, 0.1) is 28.4 Å². The normalized spacial score (nSPS) is 17.1. The van der Waals surface area contributed by atoms with Crippen molar-refractivity contribution in [1.29, 1.82) is 0 Å². The zero-order valence-electron chi connectivity index (χ0n) is 20.6. The van der Waals surface area contributed by atoms with Crippen LogP contribution in [0.4, 0.5) is 9.52 Å². The van der Waals surface area contributed by atoms with Crippen LogP contribution in [-0.4, -0.2) is 28.4 Å². The van der Waals surface area contributed by atoms with Crippen LogP contribution in [0.1, 0.15) is 41.6 Å². The zero-order chi connectivity index (χ0) is 26.3. The quantitative estimate of drug-likeness (QED) is 0.181. The van der Waals surface area contributed by atoms with E-state index in [-0.39, 0.29) is 16.9 Å². The van der Waals surface area contributed by atoms with Gasteiger partial charge in [-0.25, -0.2) is 9.37 Å². The number of aromatic nitrogens is 1. The van der Waals surface area contributed by atoms with E-state index in [4.69, 9.17) is 9.72 Å². The fourth-order valence-electron chi connectivity index (χ4n) is 4.54. The third-order valence-electron chi connectivity index (χ3n) is 6.26. The van der Waals surface area contributed by atoms with Crippen LogP contribution in [0.25, 0.3) is 16.0 Å². The molecule has 1 aliphatic heterocycles. The first-order chi connectivity index (χ1) is 17.8. The summed E-state index contributed by atoms with van der Waals surface area (Å²) in [6.45, 7) is 6.52. The van der Waals surface area contributed by atoms with Crippen LogP contribution in [0.3, 0.4) is 0 Å². The Balaban J connectivity index is 1.68. The number of aliphatic hydroxyl groups is 1. The monoisotopic (exact) mass is 516 g/mol. The van der Waals surface area contributed by atoms with Crippen molar-refractivity contribution in [3.05, 3.63) is 94.3 Å². The molecule has 37 heavy (non-hydrogen) atoms. The van der Waals surface area contributed by atoms with Crippen molar-refractivity contribution in [3.63, 3.8) is 0 Å². The van der Waals surface area contributed by atoms with Gasteiger partial charge in [-0.3, -0.25) is 14.5 Å². The van der Waals surface area contributed by atoms with Crippen LogP contribution < -0.4 is 9.64 Å². The number of ether oxygens (including phenoxy) is 1. The highest BCUT2D eigenvalue weighted by molar-refractivity contribution is 7.22. The van der Waals surface area contributed by atoms with Crippen molar-refractivity contribution in [2.24, 2.45) is 0 Å². The largest absolute Gasteiger partial charge is 0.507 e. The highest BCUT2D eigenvalue weighted by Crippen LogP contribution is 2.45. The number of thiazole rings is 1. The van der Waals surface area contributed by atoms with Crippen molar-refractivity contribution in [1.82, 2.24) is 4.98 Å². The number of aryl methyl sites for hydroxylation is 2. The average Bonchev–Trinajstić information content (AvgIpc) is 3.41. The number of ketones is 1. The fourth-order valence-corrected chi connectivity index (χ4v) is 5.71. The summed E-state index contributed by atoms with van der Waals surface area (Å²) >= 11 is 1.32. The summed E-state index contributed by atoms with van der Waals surface area (Å²) in [5.41, 5.74) is 3.56. The molecule has 1 unspecified atom stereocenters. The first kappa shape index (κ1) is 24.6. The summed E-state index contributed by atoms with van der Waals surface area (Å²) in [6.07, 6.45) is 0.857. The molecule has 8 heteroatoms. The summed E-state index contributed by atoms with van der Waals surface area (Å²) in [7, 11) is 0. The van der Waals surface area contributed by atoms with E-state index in [2.05, 4.69) is 0 Å². The van der Waals surface area contributed by atoms with Gasteiger partial charge in [-0.1, -0.05) is 36.5 Å². The maximum atomic E-state index is 13.5. The van der Waals surface area contributed by atoms with Crippen LogP contribution in [-0.2, 0) is 9.59 Å². The van der Waals surface area contributed by atoms with E-state index in [0.29, 0.717) is 23.1 Å². The van der Waals surface area contributed by atoms with Crippen molar-refractivity contribution in [3.8, 4) is 5.75 Å². The second kappa shape index (κ2) is 9.78. The number of fused-ring (bicyclic) bond motifs is 1. The van der Waals surface area contributed by atoms with E-state index in [1.807, 2.05) is 32.9 Å². The van der Waals surface area contributed by atoms with Crippen LogP contribution in [0.2, 0.25) is 0 Å². The molecule has 1 saturated heterocycles. The Morgan fingerprint density at radius 2 is 1.78 bits per heavy atom. The Morgan fingerprint density at radius 1 is 1.08 bits per heavy atom. The molecular formula is C29H25FN2O4S. The lowest BCUT2D eigenvalue weighted by Gasteiger charge is -2.23. The van der Waals surface area contributed by atoms with Gasteiger partial charge < -0.3 is 9.84 Å². The lowest BCUT2D eigenvalue weighted by molar-refractivity contribution is -0.132. The molecule has 0 saturated carbocycles. The van der Waals surface area contributed by atoms with Crippen LogP contribution in [0.15, 0.2) is 66.2 Å². The van der Waals surface area contributed by atoms with E-state index in [0.717, 1.165) is 27.8 Å². The lowest BCUT2D eigenvalue weighted by Crippen LogP contribution is -2.29. The number of Topliss-reactive ketones (excluding diaryl/α,β-unsaturated/α-hetero) is 1. The van der Waals surface area contributed by atoms with Crippen LogP contribution in [0.5, 0.6) is 5.75 Å². The molecule has 0 spiro atoms. The van der Waals surface area contributed by atoms with Gasteiger partial charge in [-0.2, -0.15) is 0 Å². The number of nitrogens with zero attached hydrogens (tertiary/aromatic N) is 2. The molecule has 1 aromatic heterocycles. The molecular weight excluding hydrogens is 491 g/mol. The number of anilines is 1. The number of hydrogen-bond acceptors (Lipinski definition) is 6. The maximum absolute atomic E-state index is 13.5. The number of carbonyl (C=O) groups excluding carboxylic acids is 2. The molecule has 188 valence electrons.